The summed E-state index contributed by atoms with van der Waals surface area (Å²) >= 11 is 0. The number of hydrogen-bond acceptors (Lipinski definition) is 3. The fourth-order valence-electron chi connectivity index (χ4n) is 2.08. The Morgan fingerprint density at radius 1 is 1.33 bits per heavy atom. The van der Waals surface area contributed by atoms with E-state index in [0.29, 0.717) is 0 Å². The van der Waals surface area contributed by atoms with Crippen molar-refractivity contribution in [1.29, 1.82) is 0 Å². The number of nitrogens with zero attached hydrogens (tertiary/aromatic N) is 3. The molecule has 1 N–H and O–H groups in total. The summed E-state index contributed by atoms with van der Waals surface area (Å²) in [6.07, 6.45) is 3.80. The van der Waals surface area contributed by atoms with E-state index in [4.69, 9.17) is 0 Å². The third-order valence-electron chi connectivity index (χ3n) is 3.13. The van der Waals surface area contributed by atoms with Crippen LogP contribution in [0.1, 0.15) is 17.4 Å². The van der Waals surface area contributed by atoms with Gasteiger partial charge in [0, 0.05) is 39.2 Å². The first kappa shape index (κ1) is 12.6. The first-order chi connectivity index (χ1) is 8.63. The third-order valence-corrected chi connectivity index (χ3v) is 3.13. The smallest absolute Gasteiger partial charge is 0.130 e. The maximum Gasteiger partial charge on any atom is 0.130 e. The zero-order chi connectivity index (χ0) is 13.1. The van der Waals surface area contributed by atoms with Gasteiger partial charge in [-0.05, 0) is 24.7 Å². The van der Waals surface area contributed by atoms with E-state index in [2.05, 4.69) is 39.5 Å². The van der Waals surface area contributed by atoms with Crippen LogP contribution in [0.4, 0.5) is 5.69 Å². The van der Waals surface area contributed by atoms with Gasteiger partial charge in [-0.3, -0.25) is 0 Å². The van der Waals surface area contributed by atoms with Crippen LogP contribution in [0, 0.1) is 0 Å². The van der Waals surface area contributed by atoms with Gasteiger partial charge in [0.1, 0.15) is 5.82 Å². The Kier molecular flexibility index (Phi) is 3.67. The molecule has 0 saturated heterocycles. The fourth-order valence-corrected chi connectivity index (χ4v) is 2.08. The van der Waals surface area contributed by atoms with Crippen molar-refractivity contribution in [2.45, 2.75) is 6.04 Å². The number of hydrogen-bond donors (Lipinski definition) is 1. The minimum Gasteiger partial charge on any atom is -0.378 e. The second-order valence-corrected chi connectivity index (χ2v) is 4.61. The van der Waals surface area contributed by atoms with Crippen LogP contribution in [0.3, 0.4) is 0 Å². The normalized spacial score (nSPS) is 12.4. The van der Waals surface area contributed by atoms with Crippen LogP contribution in [0.25, 0.3) is 0 Å². The molecule has 1 aromatic carbocycles. The van der Waals surface area contributed by atoms with Crippen LogP contribution >= 0.6 is 0 Å². The van der Waals surface area contributed by atoms with Gasteiger partial charge in [0.2, 0.25) is 0 Å². The Morgan fingerprint density at radius 3 is 2.67 bits per heavy atom. The predicted molar refractivity (Wildman–Crippen MR) is 74.9 cm³/mol. The van der Waals surface area contributed by atoms with E-state index < -0.39 is 0 Å². The minimum absolute atomic E-state index is 0.116. The van der Waals surface area contributed by atoms with Crippen LogP contribution in [0.5, 0.6) is 0 Å². The van der Waals surface area contributed by atoms with Gasteiger partial charge < -0.3 is 14.8 Å². The molecule has 0 saturated carbocycles. The van der Waals surface area contributed by atoms with Gasteiger partial charge in [0.25, 0.3) is 0 Å². The molecule has 4 nitrogen and oxygen atoms in total. The van der Waals surface area contributed by atoms with Gasteiger partial charge in [-0.15, -0.1) is 0 Å². The number of imidazole rings is 1. The number of benzene rings is 1. The molecular weight excluding hydrogens is 224 g/mol. The van der Waals surface area contributed by atoms with E-state index in [1.54, 1.807) is 0 Å². The molecule has 4 heteroatoms. The number of anilines is 1. The lowest BCUT2D eigenvalue weighted by Gasteiger charge is -2.19. The summed E-state index contributed by atoms with van der Waals surface area (Å²) in [5, 5.41) is 3.33. The summed E-state index contributed by atoms with van der Waals surface area (Å²) in [7, 11) is 8.08. The lowest BCUT2D eigenvalue weighted by molar-refractivity contribution is 0.617. The van der Waals surface area contributed by atoms with Crippen molar-refractivity contribution in [3.05, 3.63) is 48.0 Å². The Hall–Kier alpha value is -1.81. The highest BCUT2D eigenvalue weighted by atomic mass is 15.1. The topological polar surface area (TPSA) is 33.1 Å². The van der Waals surface area contributed by atoms with E-state index in [-0.39, 0.29) is 6.04 Å². The predicted octanol–water partition coefficient (Wildman–Crippen LogP) is 1.79. The molecule has 1 atom stereocenters. The van der Waals surface area contributed by atoms with Gasteiger partial charge in [-0.1, -0.05) is 12.1 Å². The van der Waals surface area contributed by atoms with E-state index in [1.807, 2.05) is 45.2 Å². The van der Waals surface area contributed by atoms with E-state index in [1.165, 1.54) is 11.3 Å². The largest absolute Gasteiger partial charge is 0.378 e. The fraction of sp³-hybridized carbons (Fsp3) is 0.357. The van der Waals surface area contributed by atoms with Crippen LogP contribution in [-0.4, -0.2) is 30.7 Å². The lowest BCUT2D eigenvalue weighted by atomic mass is 10.1. The molecule has 96 valence electrons. The minimum atomic E-state index is 0.116. The van der Waals surface area contributed by atoms with Crippen molar-refractivity contribution >= 4 is 5.69 Å². The Balaban J connectivity index is 2.39. The summed E-state index contributed by atoms with van der Waals surface area (Å²) in [6.45, 7) is 0. The molecule has 0 aliphatic heterocycles. The molecule has 2 aromatic rings. The average Bonchev–Trinajstić information content (AvgIpc) is 2.77. The maximum absolute atomic E-state index is 4.42. The van der Waals surface area contributed by atoms with Crippen LogP contribution < -0.4 is 10.2 Å². The Labute approximate surface area is 108 Å². The zero-order valence-corrected chi connectivity index (χ0v) is 11.4. The molecule has 2 rings (SSSR count). The van der Waals surface area contributed by atoms with Gasteiger partial charge in [-0.25, -0.2) is 4.98 Å². The molecule has 1 heterocycles. The highest BCUT2D eigenvalue weighted by Crippen LogP contribution is 2.23. The van der Waals surface area contributed by atoms with Crippen LogP contribution in [-0.2, 0) is 7.05 Å². The molecular formula is C14H20N4. The van der Waals surface area contributed by atoms with E-state index >= 15 is 0 Å². The summed E-state index contributed by atoms with van der Waals surface area (Å²) < 4.78 is 2.05. The van der Waals surface area contributed by atoms with Gasteiger partial charge in [-0.2, -0.15) is 0 Å². The monoisotopic (exact) mass is 244 g/mol. The van der Waals surface area contributed by atoms with Gasteiger partial charge >= 0.3 is 0 Å². The summed E-state index contributed by atoms with van der Waals surface area (Å²) in [5.74, 6) is 1.02. The highest BCUT2D eigenvalue weighted by Gasteiger charge is 2.16. The van der Waals surface area contributed by atoms with Crippen molar-refractivity contribution in [3.8, 4) is 0 Å². The SMILES string of the molecule is CNC(c1cccc(N(C)C)c1)c1nccn1C. The van der Waals surface area contributed by atoms with E-state index in [9.17, 15) is 0 Å². The standard InChI is InChI=1S/C14H20N4/c1-15-13(14-16-8-9-18(14)4)11-6-5-7-12(10-11)17(2)3/h5-10,13,15H,1-4H3. The molecule has 1 unspecified atom stereocenters. The molecule has 0 bridgehead atoms. The molecule has 1 aromatic heterocycles. The molecule has 0 aliphatic carbocycles. The highest BCUT2D eigenvalue weighted by molar-refractivity contribution is 5.48. The second-order valence-electron chi connectivity index (χ2n) is 4.61. The maximum atomic E-state index is 4.42. The molecule has 0 spiro atoms. The van der Waals surface area contributed by atoms with Crippen molar-refractivity contribution in [3.63, 3.8) is 0 Å². The molecule has 0 amide bonds. The average molecular weight is 244 g/mol. The Morgan fingerprint density at radius 2 is 2.11 bits per heavy atom. The van der Waals surface area contributed by atoms with E-state index in [0.717, 1.165) is 5.82 Å². The summed E-state index contributed by atoms with van der Waals surface area (Å²) in [5.41, 5.74) is 2.42. The molecule has 18 heavy (non-hydrogen) atoms. The van der Waals surface area contributed by atoms with Crippen LogP contribution in [0.15, 0.2) is 36.7 Å². The van der Waals surface area contributed by atoms with Crippen molar-refractivity contribution in [2.24, 2.45) is 7.05 Å². The number of aromatic nitrogens is 2. The summed E-state index contributed by atoms with van der Waals surface area (Å²) in [6, 6.07) is 8.62. The molecule has 0 aliphatic rings. The summed E-state index contributed by atoms with van der Waals surface area (Å²) in [4.78, 5) is 6.53. The number of nitrogens with one attached hydrogen (secondary N) is 1. The van der Waals surface area contributed by atoms with Crippen molar-refractivity contribution in [1.82, 2.24) is 14.9 Å². The lowest BCUT2D eigenvalue weighted by Crippen LogP contribution is -2.21. The quantitative estimate of drug-likeness (QED) is 0.890. The first-order valence-corrected chi connectivity index (χ1v) is 6.05. The second kappa shape index (κ2) is 5.23. The number of rotatable bonds is 4. The third kappa shape index (κ3) is 2.38. The molecule has 0 fully saturated rings. The van der Waals surface area contributed by atoms with Crippen molar-refractivity contribution in [2.75, 3.05) is 26.0 Å². The molecule has 0 radical (unpaired) electrons. The first-order valence-electron chi connectivity index (χ1n) is 6.05. The van der Waals surface area contributed by atoms with Crippen molar-refractivity contribution < 1.29 is 0 Å². The van der Waals surface area contributed by atoms with Gasteiger partial charge in [0.15, 0.2) is 0 Å². The van der Waals surface area contributed by atoms with Gasteiger partial charge in [0.05, 0.1) is 6.04 Å². The van der Waals surface area contributed by atoms with Crippen LogP contribution in [0.2, 0.25) is 0 Å². The Bertz CT molecular complexity index is 516. The number of aryl methyl sites for hydroxylation is 1. The zero-order valence-electron chi connectivity index (χ0n) is 11.4.